The molecule has 2 unspecified atom stereocenters. The van der Waals surface area contributed by atoms with Gasteiger partial charge in [0.1, 0.15) is 0 Å². The first-order valence-corrected chi connectivity index (χ1v) is 2.40. The second kappa shape index (κ2) is 1.57. The third-order valence-electron chi connectivity index (χ3n) is 1.27. The molecule has 0 spiro atoms. The van der Waals surface area contributed by atoms with E-state index in [2.05, 4.69) is 4.85 Å². The van der Waals surface area contributed by atoms with Gasteiger partial charge in [0.25, 0.3) is 6.57 Å². The Kier molecular flexibility index (Phi) is 1.03. The summed E-state index contributed by atoms with van der Waals surface area (Å²) in [6, 6.07) is -0.0139. The minimum Gasteiger partial charge on any atom is -0.286 e. The minimum absolute atomic E-state index is 0.0139. The van der Waals surface area contributed by atoms with Crippen LogP contribution in [0.15, 0.2) is 0 Å². The van der Waals surface area contributed by atoms with Crippen molar-refractivity contribution in [3.05, 3.63) is 4.85 Å². The molecule has 8 heavy (non-hydrogen) atoms. The summed E-state index contributed by atoms with van der Waals surface area (Å²) < 4.78 is 0. The van der Waals surface area contributed by atoms with Crippen molar-refractivity contribution in [3.8, 4) is 6.57 Å². The molecule has 1 heterocycles. The molecule has 1 saturated heterocycles. The van der Waals surface area contributed by atoms with Crippen LogP contribution in [-0.4, -0.2) is 30.4 Å². The lowest BCUT2D eigenvalue weighted by atomic mass is 10.5. The smallest absolute Gasteiger partial charge is 0.286 e. The van der Waals surface area contributed by atoms with E-state index in [0.29, 0.717) is 0 Å². The molecule has 1 fully saturated rings. The first-order valence-electron chi connectivity index (χ1n) is 2.40. The summed E-state index contributed by atoms with van der Waals surface area (Å²) in [5, 5.41) is 0. The van der Waals surface area contributed by atoms with Gasteiger partial charge in [0.15, 0.2) is 6.04 Å². The molecule has 0 N–H and O–H groups in total. The molecule has 2 atom stereocenters. The van der Waals surface area contributed by atoms with Crippen molar-refractivity contribution >= 4 is 5.91 Å². The third kappa shape index (κ3) is 0.703. The monoisotopic (exact) mass is 111 g/mol. The fourth-order valence-electron chi connectivity index (χ4n) is 0.578. The van der Waals surface area contributed by atoms with Gasteiger partial charge in [-0.25, -0.2) is 0 Å². The molecular formula is C5H7N2O+. The van der Waals surface area contributed by atoms with Crippen LogP contribution in [0.4, 0.5) is 0 Å². The summed E-state index contributed by atoms with van der Waals surface area (Å²) in [5.41, 5.74) is 0. The van der Waals surface area contributed by atoms with Crippen LogP contribution in [0.1, 0.15) is 0 Å². The lowest BCUT2D eigenvalue weighted by Crippen LogP contribution is -2.04. The van der Waals surface area contributed by atoms with Gasteiger partial charge in [-0.1, -0.05) is 0 Å². The van der Waals surface area contributed by atoms with Crippen molar-refractivity contribution in [2.75, 3.05) is 13.6 Å². The number of hydrogen-bond donors (Lipinski definition) is 0. The molecule has 0 aromatic rings. The largest absolute Gasteiger partial charge is 0.532 e. The van der Waals surface area contributed by atoms with Gasteiger partial charge in [0.2, 0.25) is 0 Å². The summed E-state index contributed by atoms with van der Waals surface area (Å²) in [7, 11) is 1.85. The fraction of sp³-hybridized carbons (Fsp3) is 0.600. The Morgan fingerprint density at radius 1 is 2.00 bits per heavy atom. The minimum atomic E-state index is -0.215. The zero-order valence-electron chi connectivity index (χ0n) is 4.66. The zero-order chi connectivity index (χ0) is 6.15. The van der Waals surface area contributed by atoms with E-state index in [1.165, 1.54) is 0 Å². The van der Waals surface area contributed by atoms with Crippen LogP contribution in [0.2, 0.25) is 0 Å². The van der Waals surface area contributed by atoms with Gasteiger partial charge < -0.3 is 0 Å². The number of carbonyl (C=O) groups is 1. The van der Waals surface area contributed by atoms with E-state index in [-0.39, 0.29) is 11.9 Å². The molecule has 1 rings (SSSR count). The van der Waals surface area contributed by atoms with Crippen LogP contribution in [-0.2, 0) is 4.79 Å². The fourth-order valence-corrected chi connectivity index (χ4v) is 0.578. The molecule has 0 radical (unpaired) electrons. The molecule has 0 aliphatic carbocycles. The SMILES string of the molecule is C#[N+]C(=O)C1CN1C. The van der Waals surface area contributed by atoms with Crippen molar-refractivity contribution in [3.63, 3.8) is 0 Å². The van der Waals surface area contributed by atoms with E-state index >= 15 is 0 Å². The van der Waals surface area contributed by atoms with Gasteiger partial charge in [-0.15, -0.1) is 0 Å². The van der Waals surface area contributed by atoms with Crippen LogP contribution in [0, 0.1) is 6.57 Å². The second-order valence-electron chi connectivity index (χ2n) is 1.92. The Morgan fingerprint density at radius 2 is 2.50 bits per heavy atom. The standard InChI is InChI=1S/C5H7N2O/c1-6-5(8)4-3-7(4)2/h1,4H,3H2,2H3/q+1. The Balaban J connectivity index is 2.43. The molecule has 0 bridgehead atoms. The molecule has 0 saturated carbocycles. The van der Waals surface area contributed by atoms with Gasteiger partial charge >= 0.3 is 5.91 Å². The summed E-state index contributed by atoms with van der Waals surface area (Å²) in [4.78, 5) is 15.3. The number of rotatable bonds is 1. The average molecular weight is 111 g/mol. The third-order valence-corrected chi connectivity index (χ3v) is 1.27. The second-order valence-corrected chi connectivity index (χ2v) is 1.92. The van der Waals surface area contributed by atoms with E-state index in [0.717, 1.165) is 6.54 Å². The van der Waals surface area contributed by atoms with E-state index in [1.807, 2.05) is 11.9 Å². The Bertz CT molecular complexity index is 158. The number of nitrogens with zero attached hydrogens (tertiary/aromatic N) is 2. The van der Waals surface area contributed by atoms with E-state index in [1.54, 1.807) is 0 Å². The summed E-state index contributed by atoms with van der Waals surface area (Å²) >= 11 is 0. The van der Waals surface area contributed by atoms with Crippen molar-refractivity contribution in [1.82, 2.24) is 4.90 Å². The Hall–Kier alpha value is -0.880. The maximum Gasteiger partial charge on any atom is 0.532 e. The molecule has 0 aromatic carbocycles. The molecule has 1 aliphatic rings. The molecule has 3 heteroatoms. The molecule has 1 amide bonds. The topological polar surface area (TPSA) is 24.4 Å². The average Bonchev–Trinajstić information content (AvgIpc) is 2.45. The van der Waals surface area contributed by atoms with E-state index in [9.17, 15) is 4.79 Å². The normalized spacial score (nSPS) is 33.5. The molecular weight excluding hydrogens is 104 g/mol. The highest BCUT2D eigenvalue weighted by Crippen LogP contribution is 2.13. The highest BCUT2D eigenvalue weighted by molar-refractivity contribution is 5.93. The highest BCUT2D eigenvalue weighted by Gasteiger charge is 2.43. The van der Waals surface area contributed by atoms with Crippen molar-refractivity contribution in [2.24, 2.45) is 0 Å². The Labute approximate surface area is 47.7 Å². The number of amides is 1. The van der Waals surface area contributed by atoms with Crippen molar-refractivity contribution in [2.45, 2.75) is 6.04 Å². The maximum absolute atomic E-state index is 10.5. The Morgan fingerprint density at radius 3 is 2.62 bits per heavy atom. The van der Waals surface area contributed by atoms with Crippen molar-refractivity contribution in [1.29, 1.82) is 0 Å². The summed E-state index contributed by atoms with van der Waals surface area (Å²) in [6.45, 7) is 5.53. The zero-order valence-corrected chi connectivity index (χ0v) is 4.66. The lowest BCUT2D eigenvalue weighted by molar-refractivity contribution is -0.114. The van der Waals surface area contributed by atoms with Gasteiger partial charge in [0, 0.05) is 11.4 Å². The van der Waals surface area contributed by atoms with Crippen LogP contribution >= 0.6 is 0 Å². The van der Waals surface area contributed by atoms with Gasteiger partial charge in [-0.3, -0.25) is 4.90 Å². The number of hydrogen-bond acceptors (Lipinski definition) is 2. The highest BCUT2D eigenvalue weighted by atomic mass is 16.2. The van der Waals surface area contributed by atoms with Gasteiger partial charge in [-0.2, -0.15) is 4.79 Å². The molecule has 42 valence electrons. The van der Waals surface area contributed by atoms with Crippen LogP contribution in [0.25, 0.3) is 4.85 Å². The lowest BCUT2D eigenvalue weighted by Gasteiger charge is -1.75. The molecule has 0 aromatic heterocycles. The molecule has 3 nitrogen and oxygen atoms in total. The van der Waals surface area contributed by atoms with E-state index < -0.39 is 0 Å². The van der Waals surface area contributed by atoms with Gasteiger partial charge in [0.05, 0.1) is 0 Å². The quantitative estimate of drug-likeness (QED) is 0.437. The van der Waals surface area contributed by atoms with Crippen LogP contribution < -0.4 is 0 Å². The molecule has 1 aliphatic heterocycles. The summed E-state index contributed by atoms with van der Waals surface area (Å²) in [5.74, 6) is -0.215. The maximum atomic E-state index is 10.5. The van der Waals surface area contributed by atoms with Gasteiger partial charge in [-0.05, 0) is 7.05 Å². The van der Waals surface area contributed by atoms with E-state index in [4.69, 9.17) is 6.57 Å². The van der Waals surface area contributed by atoms with Crippen molar-refractivity contribution < 1.29 is 4.79 Å². The number of likely N-dealkylation sites (N-methyl/N-ethyl adjacent to an activating group) is 1. The first kappa shape index (κ1) is 5.26. The number of carbonyl (C=O) groups excluding carboxylic acids is 1. The predicted molar refractivity (Wildman–Crippen MR) is 29.7 cm³/mol. The summed E-state index contributed by atoms with van der Waals surface area (Å²) in [6.07, 6.45) is 0. The first-order chi connectivity index (χ1) is 3.75. The van der Waals surface area contributed by atoms with Crippen LogP contribution in [0.3, 0.4) is 0 Å². The predicted octanol–water partition coefficient (Wildman–Crippen LogP) is -0.210. The van der Waals surface area contributed by atoms with Crippen LogP contribution in [0.5, 0.6) is 0 Å².